The zero-order valence-corrected chi connectivity index (χ0v) is 13.8. The maximum Gasteiger partial charge on any atom is 0.0583 e. The van der Waals surface area contributed by atoms with Crippen LogP contribution < -0.4 is 0 Å². The Morgan fingerprint density at radius 1 is 1.19 bits per heavy atom. The van der Waals surface area contributed by atoms with Gasteiger partial charge < -0.3 is 5.11 Å². The predicted octanol–water partition coefficient (Wildman–Crippen LogP) is 4.86. The predicted molar refractivity (Wildman–Crippen MR) is 91.8 cm³/mol. The van der Waals surface area contributed by atoms with Gasteiger partial charge in [-0.15, -0.1) is 12.6 Å². The van der Waals surface area contributed by atoms with Gasteiger partial charge in [0.1, 0.15) is 0 Å². The van der Waals surface area contributed by atoms with Crippen molar-refractivity contribution in [1.29, 1.82) is 0 Å². The molecule has 0 bridgehead atoms. The van der Waals surface area contributed by atoms with Crippen LogP contribution in [0.3, 0.4) is 0 Å². The van der Waals surface area contributed by atoms with E-state index in [-0.39, 0.29) is 6.10 Å². The first-order valence-corrected chi connectivity index (χ1v) is 8.80. The van der Waals surface area contributed by atoms with E-state index >= 15 is 0 Å². The molecule has 1 N–H and O–H groups in total. The third kappa shape index (κ3) is 3.22. The van der Waals surface area contributed by atoms with Gasteiger partial charge >= 0.3 is 0 Å². The molecule has 2 aliphatic rings. The quantitative estimate of drug-likeness (QED) is 0.710. The highest BCUT2D eigenvalue weighted by atomic mass is 32.1. The van der Waals surface area contributed by atoms with E-state index in [0.29, 0.717) is 11.8 Å². The Morgan fingerprint density at radius 3 is 2.81 bits per heavy atom. The minimum atomic E-state index is -0.143. The number of fused-ring (bicyclic) bond motifs is 2. The second-order valence-electron chi connectivity index (χ2n) is 6.64. The fraction of sp³-hybridized carbons (Fsp3) is 0.579. The van der Waals surface area contributed by atoms with Crippen LogP contribution in [-0.2, 0) is 6.42 Å². The standard InChI is InChI=1S/C19H26OS/c1-2-13-7-8-15-11-16(20)12-18(15)19(21)10-9-14-5-3-4-6-17(13)14/h3-6,13,15-16,20-21H,2,7-12H2,1H3/b19-18-/t13-,15?,16-/m1/s1. The highest BCUT2D eigenvalue weighted by Gasteiger charge is 2.30. The molecule has 1 aromatic carbocycles. The van der Waals surface area contributed by atoms with Gasteiger partial charge in [0, 0.05) is 0 Å². The van der Waals surface area contributed by atoms with Crippen molar-refractivity contribution in [3.63, 3.8) is 0 Å². The maximum atomic E-state index is 10.0. The molecule has 0 amide bonds. The van der Waals surface area contributed by atoms with Gasteiger partial charge in [0.05, 0.1) is 6.10 Å². The number of hydrogen-bond donors (Lipinski definition) is 2. The molecule has 0 heterocycles. The molecule has 0 radical (unpaired) electrons. The minimum Gasteiger partial charge on any atom is -0.393 e. The van der Waals surface area contributed by atoms with E-state index in [4.69, 9.17) is 12.6 Å². The molecule has 1 aromatic rings. The third-order valence-electron chi connectivity index (χ3n) is 5.36. The van der Waals surface area contributed by atoms with Gasteiger partial charge in [-0.25, -0.2) is 0 Å². The molecular formula is C19H26OS. The average molecular weight is 302 g/mol. The van der Waals surface area contributed by atoms with Gasteiger partial charge in [-0.05, 0) is 72.8 Å². The van der Waals surface area contributed by atoms with Crippen molar-refractivity contribution in [2.45, 2.75) is 63.9 Å². The molecule has 1 nitrogen and oxygen atoms in total. The number of allylic oxidation sites excluding steroid dienone is 1. The largest absolute Gasteiger partial charge is 0.393 e. The lowest BCUT2D eigenvalue weighted by Gasteiger charge is -2.24. The van der Waals surface area contributed by atoms with Crippen LogP contribution in [0.25, 0.3) is 0 Å². The molecule has 1 fully saturated rings. The van der Waals surface area contributed by atoms with Crippen molar-refractivity contribution in [3.05, 3.63) is 45.9 Å². The monoisotopic (exact) mass is 302 g/mol. The lowest BCUT2D eigenvalue weighted by atomic mass is 9.82. The van der Waals surface area contributed by atoms with E-state index in [1.165, 1.54) is 35.3 Å². The maximum absolute atomic E-state index is 10.0. The summed E-state index contributed by atoms with van der Waals surface area (Å²) in [7, 11) is 0. The molecule has 3 atom stereocenters. The fourth-order valence-corrected chi connectivity index (χ4v) is 4.56. The zero-order valence-electron chi connectivity index (χ0n) is 12.9. The molecule has 0 saturated heterocycles. The van der Waals surface area contributed by atoms with E-state index in [2.05, 4.69) is 31.2 Å². The molecule has 1 saturated carbocycles. The van der Waals surface area contributed by atoms with E-state index in [1.807, 2.05) is 0 Å². The molecule has 2 heteroatoms. The Kier molecular flexibility index (Phi) is 4.75. The summed E-state index contributed by atoms with van der Waals surface area (Å²) < 4.78 is 0. The number of aliphatic hydroxyl groups is 1. The number of benzene rings is 1. The van der Waals surface area contributed by atoms with Crippen molar-refractivity contribution >= 4 is 12.6 Å². The number of thiol groups is 1. The van der Waals surface area contributed by atoms with Gasteiger partial charge in [-0.1, -0.05) is 36.8 Å². The summed E-state index contributed by atoms with van der Waals surface area (Å²) in [6.07, 6.45) is 7.39. The summed E-state index contributed by atoms with van der Waals surface area (Å²) in [5.41, 5.74) is 4.48. The summed E-state index contributed by atoms with van der Waals surface area (Å²) in [5, 5.41) is 10.0. The summed E-state index contributed by atoms with van der Waals surface area (Å²) in [6.45, 7) is 2.30. The normalized spacial score (nSPS) is 33.4. The second-order valence-corrected chi connectivity index (χ2v) is 7.18. The van der Waals surface area contributed by atoms with E-state index in [1.54, 1.807) is 5.56 Å². The molecule has 114 valence electrons. The van der Waals surface area contributed by atoms with Gasteiger partial charge in [-0.2, -0.15) is 0 Å². The smallest absolute Gasteiger partial charge is 0.0583 e. The van der Waals surface area contributed by atoms with Crippen molar-refractivity contribution < 1.29 is 5.11 Å². The first-order valence-electron chi connectivity index (χ1n) is 8.35. The van der Waals surface area contributed by atoms with E-state index < -0.39 is 0 Å². The van der Waals surface area contributed by atoms with Crippen LogP contribution in [0.2, 0.25) is 0 Å². The first-order chi connectivity index (χ1) is 10.2. The van der Waals surface area contributed by atoms with Crippen LogP contribution in [0, 0.1) is 5.92 Å². The second kappa shape index (κ2) is 6.58. The Morgan fingerprint density at radius 2 is 2.00 bits per heavy atom. The molecule has 0 spiro atoms. The number of aryl methyl sites for hydroxylation is 1. The summed E-state index contributed by atoms with van der Waals surface area (Å²) in [4.78, 5) is 1.24. The average Bonchev–Trinajstić information content (AvgIpc) is 2.87. The van der Waals surface area contributed by atoms with Crippen LogP contribution in [0.4, 0.5) is 0 Å². The van der Waals surface area contributed by atoms with Crippen LogP contribution >= 0.6 is 12.6 Å². The molecular weight excluding hydrogens is 276 g/mol. The van der Waals surface area contributed by atoms with Crippen molar-refractivity contribution in [2.75, 3.05) is 0 Å². The van der Waals surface area contributed by atoms with Crippen LogP contribution in [0.5, 0.6) is 0 Å². The van der Waals surface area contributed by atoms with E-state index in [0.717, 1.165) is 25.7 Å². The van der Waals surface area contributed by atoms with Crippen molar-refractivity contribution in [3.8, 4) is 0 Å². The van der Waals surface area contributed by atoms with E-state index in [9.17, 15) is 5.11 Å². The van der Waals surface area contributed by atoms with Crippen LogP contribution in [0.1, 0.15) is 62.5 Å². The summed E-state index contributed by atoms with van der Waals surface area (Å²) in [6, 6.07) is 8.93. The SMILES string of the molecule is CC[C@@H]1CCC2C[C@@H](O)C/C2=C(/S)CCc2ccccc21. The number of hydrogen-bond acceptors (Lipinski definition) is 2. The fourth-order valence-electron chi connectivity index (χ4n) is 4.18. The summed E-state index contributed by atoms with van der Waals surface area (Å²) in [5.74, 6) is 1.23. The highest BCUT2D eigenvalue weighted by Crippen LogP contribution is 2.42. The number of rotatable bonds is 1. The minimum absolute atomic E-state index is 0.143. The molecule has 3 rings (SSSR count). The Balaban J connectivity index is 1.93. The van der Waals surface area contributed by atoms with Gasteiger partial charge in [0.25, 0.3) is 0 Å². The molecule has 2 aliphatic carbocycles. The number of aliphatic hydroxyl groups excluding tert-OH is 1. The Labute approximate surface area is 133 Å². The van der Waals surface area contributed by atoms with Gasteiger partial charge in [-0.3, -0.25) is 0 Å². The topological polar surface area (TPSA) is 20.2 Å². The molecule has 21 heavy (non-hydrogen) atoms. The zero-order chi connectivity index (χ0) is 14.8. The summed E-state index contributed by atoms with van der Waals surface area (Å²) >= 11 is 4.78. The van der Waals surface area contributed by atoms with Gasteiger partial charge in [0.15, 0.2) is 0 Å². The third-order valence-corrected chi connectivity index (χ3v) is 5.87. The Bertz CT molecular complexity index is 534. The molecule has 1 unspecified atom stereocenters. The van der Waals surface area contributed by atoms with Crippen molar-refractivity contribution in [1.82, 2.24) is 0 Å². The lowest BCUT2D eigenvalue weighted by Crippen LogP contribution is -2.09. The Hall–Kier alpha value is -0.730. The van der Waals surface area contributed by atoms with Crippen molar-refractivity contribution in [2.24, 2.45) is 5.92 Å². The molecule has 0 aromatic heterocycles. The molecule has 0 aliphatic heterocycles. The van der Waals surface area contributed by atoms with Crippen LogP contribution in [0.15, 0.2) is 34.7 Å². The van der Waals surface area contributed by atoms with Gasteiger partial charge in [0.2, 0.25) is 0 Å². The van der Waals surface area contributed by atoms with Crippen LogP contribution in [-0.4, -0.2) is 11.2 Å². The first kappa shape index (κ1) is 15.2. The lowest BCUT2D eigenvalue weighted by molar-refractivity contribution is 0.177. The highest BCUT2D eigenvalue weighted by molar-refractivity contribution is 7.84.